The third kappa shape index (κ3) is 3.10. The Morgan fingerprint density at radius 3 is 2.40 bits per heavy atom. The van der Waals surface area contributed by atoms with E-state index in [0.717, 1.165) is 36.3 Å². The molecular formula is C26H26F2N2. The highest BCUT2D eigenvalue weighted by atomic mass is 19.1. The minimum absolute atomic E-state index is 0.0415. The van der Waals surface area contributed by atoms with Gasteiger partial charge in [-0.05, 0) is 79.1 Å². The number of hydrogen-bond acceptors (Lipinski definition) is 1. The third-order valence-electron chi connectivity index (χ3n) is 7.32. The number of fused-ring (bicyclic) bond motifs is 2. The molecule has 5 rings (SSSR count). The summed E-state index contributed by atoms with van der Waals surface area (Å²) in [4.78, 5) is 4.68. The summed E-state index contributed by atoms with van der Waals surface area (Å²) in [5, 5.41) is 0. The SMILES string of the molecule is CC(c1ccc(F)cc1)C1CCCC2=Cc3c(-c4ccc(F)cc4)ncn3C[C@@]21C. The van der Waals surface area contributed by atoms with Gasteiger partial charge in [0.25, 0.3) is 0 Å². The van der Waals surface area contributed by atoms with Crippen molar-refractivity contribution in [1.82, 2.24) is 9.55 Å². The summed E-state index contributed by atoms with van der Waals surface area (Å²) in [6.45, 7) is 5.54. The molecular weight excluding hydrogens is 378 g/mol. The van der Waals surface area contributed by atoms with Gasteiger partial charge in [0.15, 0.2) is 0 Å². The second kappa shape index (κ2) is 7.19. The number of halogens is 2. The van der Waals surface area contributed by atoms with Gasteiger partial charge in [-0.1, -0.05) is 31.6 Å². The van der Waals surface area contributed by atoms with Crippen molar-refractivity contribution >= 4 is 6.08 Å². The zero-order valence-electron chi connectivity index (χ0n) is 17.4. The Balaban J connectivity index is 1.51. The van der Waals surface area contributed by atoms with Crippen molar-refractivity contribution in [3.63, 3.8) is 0 Å². The average molecular weight is 405 g/mol. The van der Waals surface area contributed by atoms with Gasteiger partial charge in [-0.3, -0.25) is 0 Å². The molecule has 2 aliphatic rings. The van der Waals surface area contributed by atoms with Crippen molar-refractivity contribution in [2.75, 3.05) is 0 Å². The van der Waals surface area contributed by atoms with E-state index in [2.05, 4.69) is 29.5 Å². The zero-order valence-corrected chi connectivity index (χ0v) is 17.4. The van der Waals surface area contributed by atoms with E-state index in [4.69, 9.17) is 0 Å². The fourth-order valence-electron chi connectivity index (χ4n) is 5.63. The quantitative estimate of drug-likeness (QED) is 0.467. The molecule has 30 heavy (non-hydrogen) atoms. The largest absolute Gasteiger partial charge is 0.330 e. The molecule has 2 nitrogen and oxygen atoms in total. The molecule has 4 heteroatoms. The van der Waals surface area contributed by atoms with Crippen molar-refractivity contribution in [1.29, 1.82) is 0 Å². The lowest BCUT2D eigenvalue weighted by Gasteiger charge is -2.48. The van der Waals surface area contributed by atoms with E-state index in [-0.39, 0.29) is 17.0 Å². The van der Waals surface area contributed by atoms with Crippen LogP contribution in [0.4, 0.5) is 8.78 Å². The molecule has 0 saturated heterocycles. The molecule has 2 heterocycles. The van der Waals surface area contributed by atoms with Gasteiger partial charge in [-0.25, -0.2) is 13.8 Å². The fourth-order valence-corrected chi connectivity index (χ4v) is 5.63. The lowest BCUT2D eigenvalue weighted by Crippen LogP contribution is -2.41. The van der Waals surface area contributed by atoms with Crippen LogP contribution >= 0.6 is 0 Å². The molecule has 0 radical (unpaired) electrons. The summed E-state index contributed by atoms with van der Waals surface area (Å²) in [5.74, 6) is 0.409. The van der Waals surface area contributed by atoms with Crippen LogP contribution in [0, 0.1) is 23.0 Å². The average Bonchev–Trinajstić information content (AvgIpc) is 3.14. The number of aromatic nitrogens is 2. The summed E-state index contributed by atoms with van der Waals surface area (Å²) in [7, 11) is 0. The number of rotatable bonds is 3. The molecule has 1 saturated carbocycles. The van der Waals surface area contributed by atoms with Crippen molar-refractivity contribution < 1.29 is 8.78 Å². The number of imidazole rings is 1. The van der Waals surface area contributed by atoms with Crippen LogP contribution < -0.4 is 0 Å². The highest BCUT2D eigenvalue weighted by Crippen LogP contribution is 2.54. The predicted octanol–water partition coefficient (Wildman–Crippen LogP) is 6.84. The van der Waals surface area contributed by atoms with E-state index in [1.165, 1.54) is 29.7 Å². The Bertz CT molecular complexity index is 1100. The third-order valence-corrected chi connectivity index (χ3v) is 7.32. The Morgan fingerprint density at radius 2 is 1.70 bits per heavy atom. The van der Waals surface area contributed by atoms with E-state index >= 15 is 0 Å². The van der Waals surface area contributed by atoms with Crippen LogP contribution in [0.1, 0.15) is 50.3 Å². The van der Waals surface area contributed by atoms with E-state index in [1.807, 2.05) is 18.5 Å². The molecule has 0 spiro atoms. The lowest BCUT2D eigenvalue weighted by atomic mass is 9.58. The summed E-state index contributed by atoms with van der Waals surface area (Å²) in [5.41, 5.74) is 5.69. The second-order valence-corrected chi connectivity index (χ2v) is 9.04. The number of allylic oxidation sites excluding steroid dienone is 1. The second-order valence-electron chi connectivity index (χ2n) is 9.04. The maximum absolute atomic E-state index is 13.4. The minimum atomic E-state index is -0.234. The standard InChI is InChI=1S/C26H26F2N2/c1-17(18-6-10-21(27)11-7-18)23-5-3-4-20-14-24-25(19-8-12-22(28)13-9-19)29-16-30(24)15-26(20,23)2/h6-14,16-17,23H,3-5,15H2,1-2H3/t17?,23?,26-/m0/s1. The smallest absolute Gasteiger partial charge is 0.123 e. The molecule has 2 aromatic carbocycles. The van der Waals surface area contributed by atoms with Crippen LogP contribution in [0.5, 0.6) is 0 Å². The van der Waals surface area contributed by atoms with Crippen LogP contribution in [-0.4, -0.2) is 9.55 Å². The number of hydrogen-bond donors (Lipinski definition) is 0. The molecule has 0 N–H and O–H groups in total. The van der Waals surface area contributed by atoms with Gasteiger partial charge in [0, 0.05) is 17.5 Å². The highest BCUT2D eigenvalue weighted by molar-refractivity contribution is 5.72. The van der Waals surface area contributed by atoms with E-state index in [0.29, 0.717) is 11.8 Å². The Labute approximate surface area is 176 Å². The minimum Gasteiger partial charge on any atom is -0.330 e. The molecule has 3 aromatic rings. The van der Waals surface area contributed by atoms with Crippen molar-refractivity contribution in [2.45, 2.75) is 45.6 Å². The van der Waals surface area contributed by atoms with Crippen LogP contribution in [0.15, 0.2) is 60.4 Å². The Kier molecular flexibility index (Phi) is 4.61. The monoisotopic (exact) mass is 404 g/mol. The molecule has 154 valence electrons. The summed E-state index contributed by atoms with van der Waals surface area (Å²) < 4.78 is 29.0. The van der Waals surface area contributed by atoms with E-state index in [9.17, 15) is 8.78 Å². The van der Waals surface area contributed by atoms with E-state index < -0.39 is 0 Å². The summed E-state index contributed by atoms with van der Waals surface area (Å²) >= 11 is 0. The molecule has 0 amide bonds. The molecule has 1 fully saturated rings. The van der Waals surface area contributed by atoms with Crippen LogP contribution in [0.25, 0.3) is 17.3 Å². The molecule has 1 aliphatic carbocycles. The first-order valence-electron chi connectivity index (χ1n) is 10.7. The highest BCUT2D eigenvalue weighted by Gasteiger charge is 2.45. The summed E-state index contributed by atoms with van der Waals surface area (Å²) in [6, 6.07) is 13.6. The maximum Gasteiger partial charge on any atom is 0.123 e. The number of benzene rings is 2. The van der Waals surface area contributed by atoms with Crippen molar-refractivity contribution in [2.24, 2.45) is 11.3 Å². The first-order valence-corrected chi connectivity index (χ1v) is 10.7. The Morgan fingerprint density at radius 1 is 1.03 bits per heavy atom. The topological polar surface area (TPSA) is 17.8 Å². The molecule has 3 atom stereocenters. The van der Waals surface area contributed by atoms with Gasteiger partial charge in [-0.15, -0.1) is 0 Å². The maximum atomic E-state index is 13.4. The lowest BCUT2D eigenvalue weighted by molar-refractivity contribution is 0.130. The van der Waals surface area contributed by atoms with E-state index in [1.54, 1.807) is 24.3 Å². The van der Waals surface area contributed by atoms with Crippen LogP contribution in [0.2, 0.25) is 0 Å². The number of nitrogens with zero attached hydrogens (tertiary/aromatic N) is 2. The first kappa shape index (κ1) is 19.2. The van der Waals surface area contributed by atoms with Gasteiger partial charge in [0.2, 0.25) is 0 Å². The van der Waals surface area contributed by atoms with Gasteiger partial charge in [0.1, 0.15) is 11.6 Å². The fraction of sp³-hybridized carbons (Fsp3) is 0.346. The molecule has 1 aliphatic heterocycles. The first-order chi connectivity index (χ1) is 14.5. The van der Waals surface area contributed by atoms with Crippen molar-refractivity contribution in [3.8, 4) is 11.3 Å². The van der Waals surface area contributed by atoms with Gasteiger partial charge < -0.3 is 4.57 Å². The zero-order chi connectivity index (χ0) is 20.9. The predicted molar refractivity (Wildman–Crippen MR) is 116 cm³/mol. The van der Waals surface area contributed by atoms with Gasteiger partial charge >= 0.3 is 0 Å². The van der Waals surface area contributed by atoms with Gasteiger partial charge in [-0.2, -0.15) is 0 Å². The van der Waals surface area contributed by atoms with Crippen LogP contribution in [0.3, 0.4) is 0 Å². The molecule has 0 bridgehead atoms. The van der Waals surface area contributed by atoms with Crippen molar-refractivity contribution in [3.05, 3.63) is 83.3 Å². The normalized spacial score (nSPS) is 24.0. The van der Waals surface area contributed by atoms with Gasteiger partial charge in [0.05, 0.1) is 17.7 Å². The molecule has 2 unspecified atom stereocenters. The Hall–Kier alpha value is -2.75. The molecule has 1 aromatic heterocycles. The summed E-state index contributed by atoms with van der Waals surface area (Å²) in [6.07, 6.45) is 7.66. The van der Waals surface area contributed by atoms with Crippen LogP contribution in [-0.2, 0) is 6.54 Å².